The molecule has 0 aliphatic carbocycles. The highest BCUT2D eigenvalue weighted by Gasteiger charge is 2.23. The molecule has 0 aliphatic rings. The zero-order valence-corrected chi connectivity index (χ0v) is 13.4. The lowest BCUT2D eigenvalue weighted by molar-refractivity contribution is 0.270. The zero-order valence-electron chi connectivity index (χ0n) is 12.6. The summed E-state index contributed by atoms with van der Waals surface area (Å²) in [4.78, 5) is 7.01. The molecule has 0 saturated carbocycles. The number of rotatable bonds is 5. The van der Waals surface area contributed by atoms with E-state index in [9.17, 15) is 0 Å². The molecule has 2 unspecified atom stereocenters. The van der Waals surface area contributed by atoms with E-state index in [2.05, 4.69) is 37.4 Å². The van der Waals surface area contributed by atoms with Gasteiger partial charge in [0.2, 0.25) is 0 Å². The van der Waals surface area contributed by atoms with Crippen molar-refractivity contribution in [2.75, 3.05) is 20.6 Å². The molecule has 2 aromatic rings. The summed E-state index contributed by atoms with van der Waals surface area (Å²) in [5, 5.41) is 0.715. The van der Waals surface area contributed by atoms with E-state index in [1.165, 1.54) is 0 Å². The van der Waals surface area contributed by atoms with E-state index in [0.29, 0.717) is 11.6 Å². The molecular formula is C15H23ClN4. The lowest BCUT2D eigenvalue weighted by Gasteiger charge is -2.25. The summed E-state index contributed by atoms with van der Waals surface area (Å²) in [6, 6.07) is 6.34. The first-order valence-electron chi connectivity index (χ1n) is 7.03. The van der Waals surface area contributed by atoms with Crippen molar-refractivity contribution < 1.29 is 0 Å². The molecule has 2 N–H and O–H groups in total. The molecule has 110 valence electrons. The number of benzene rings is 1. The molecule has 1 aromatic carbocycles. The molecule has 0 radical (unpaired) electrons. The van der Waals surface area contributed by atoms with Crippen LogP contribution in [0.2, 0.25) is 5.02 Å². The minimum Gasteiger partial charge on any atom is -0.328 e. The summed E-state index contributed by atoms with van der Waals surface area (Å²) in [5.41, 5.74) is 7.92. The fourth-order valence-electron chi connectivity index (χ4n) is 2.67. The van der Waals surface area contributed by atoms with Crippen LogP contribution >= 0.6 is 11.6 Å². The van der Waals surface area contributed by atoms with Gasteiger partial charge in [-0.3, -0.25) is 4.90 Å². The van der Waals surface area contributed by atoms with Gasteiger partial charge in [0.05, 0.1) is 17.1 Å². The quantitative estimate of drug-likeness (QED) is 0.921. The Balaban J connectivity index is 2.68. The molecule has 0 fully saturated rings. The Bertz CT molecular complexity index is 591. The van der Waals surface area contributed by atoms with Crippen molar-refractivity contribution in [1.29, 1.82) is 0 Å². The number of nitrogens with zero attached hydrogens (tertiary/aromatic N) is 3. The Kier molecular flexibility index (Phi) is 4.68. The van der Waals surface area contributed by atoms with E-state index in [0.717, 1.165) is 23.3 Å². The van der Waals surface area contributed by atoms with Gasteiger partial charge in [0.15, 0.2) is 0 Å². The number of fused-ring (bicyclic) bond motifs is 1. The Morgan fingerprint density at radius 3 is 2.65 bits per heavy atom. The lowest BCUT2D eigenvalue weighted by Crippen LogP contribution is -2.26. The minimum atomic E-state index is 0.213. The average molecular weight is 295 g/mol. The van der Waals surface area contributed by atoms with Crippen LogP contribution in [-0.4, -0.2) is 35.1 Å². The SMILES string of the molecule is CCC(c1nc2cc(Cl)ccc2n1C(C)CN)N(C)C. The van der Waals surface area contributed by atoms with Gasteiger partial charge in [-0.2, -0.15) is 0 Å². The van der Waals surface area contributed by atoms with Crippen molar-refractivity contribution in [3.05, 3.63) is 29.0 Å². The Morgan fingerprint density at radius 1 is 1.40 bits per heavy atom. The van der Waals surface area contributed by atoms with Gasteiger partial charge in [-0.15, -0.1) is 0 Å². The van der Waals surface area contributed by atoms with Crippen molar-refractivity contribution in [2.24, 2.45) is 5.73 Å². The normalized spacial score (nSPS) is 14.9. The molecule has 1 aromatic heterocycles. The summed E-state index contributed by atoms with van der Waals surface area (Å²) in [6.45, 7) is 4.89. The van der Waals surface area contributed by atoms with E-state index >= 15 is 0 Å². The van der Waals surface area contributed by atoms with E-state index in [-0.39, 0.29) is 12.1 Å². The van der Waals surface area contributed by atoms with Crippen LogP contribution in [0.15, 0.2) is 18.2 Å². The second-order valence-corrected chi connectivity index (χ2v) is 5.88. The molecule has 2 rings (SSSR count). The largest absolute Gasteiger partial charge is 0.328 e. The summed E-state index contributed by atoms with van der Waals surface area (Å²) in [6.07, 6.45) is 1.00. The lowest BCUT2D eigenvalue weighted by atomic mass is 10.2. The van der Waals surface area contributed by atoms with Gasteiger partial charge in [-0.1, -0.05) is 18.5 Å². The highest BCUT2D eigenvalue weighted by Crippen LogP contribution is 2.30. The highest BCUT2D eigenvalue weighted by atomic mass is 35.5. The maximum atomic E-state index is 6.09. The van der Waals surface area contributed by atoms with Crippen molar-refractivity contribution in [2.45, 2.75) is 32.4 Å². The second-order valence-electron chi connectivity index (χ2n) is 5.45. The van der Waals surface area contributed by atoms with Crippen molar-refractivity contribution >= 4 is 22.6 Å². The maximum Gasteiger partial charge on any atom is 0.127 e. The Labute approximate surface area is 125 Å². The van der Waals surface area contributed by atoms with Crippen LogP contribution in [0, 0.1) is 0 Å². The molecule has 1 heterocycles. The van der Waals surface area contributed by atoms with Crippen molar-refractivity contribution in [3.63, 3.8) is 0 Å². The number of hydrogen-bond acceptors (Lipinski definition) is 3. The molecule has 20 heavy (non-hydrogen) atoms. The first-order valence-corrected chi connectivity index (χ1v) is 7.41. The van der Waals surface area contributed by atoms with Gasteiger partial charge in [-0.25, -0.2) is 4.98 Å². The van der Waals surface area contributed by atoms with Crippen molar-refractivity contribution in [3.8, 4) is 0 Å². The first-order chi connectivity index (χ1) is 9.49. The predicted octanol–water partition coefficient (Wildman–Crippen LogP) is 3.22. The molecule has 0 saturated heterocycles. The Morgan fingerprint density at radius 2 is 2.10 bits per heavy atom. The average Bonchev–Trinajstić information content (AvgIpc) is 2.76. The summed E-state index contributed by atoms with van der Waals surface area (Å²) >= 11 is 6.09. The molecule has 0 amide bonds. The van der Waals surface area contributed by atoms with Crippen LogP contribution in [0.1, 0.15) is 38.2 Å². The van der Waals surface area contributed by atoms with Crippen LogP contribution in [-0.2, 0) is 0 Å². The van der Waals surface area contributed by atoms with E-state index < -0.39 is 0 Å². The van der Waals surface area contributed by atoms with Gasteiger partial charge >= 0.3 is 0 Å². The third-order valence-corrected chi connectivity index (χ3v) is 4.00. The highest BCUT2D eigenvalue weighted by molar-refractivity contribution is 6.31. The number of imidazole rings is 1. The molecular weight excluding hydrogens is 272 g/mol. The third kappa shape index (κ3) is 2.68. The summed E-state index contributed by atoms with van der Waals surface area (Å²) in [5.74, 6) is 1.06. The third-order valence-electron chi connectivity index (χ3n) is 3.77. The van der Waals surface area contributed by atoms with Gasteiger partial charge in [0.25, 0.3) is 0 Å². The van der Waals surface area contributed by atoms with Crippen LogP contribution in [0.3, 0.4) is 0 Å². The fraction of sp³-hybridized carbons (Fsp3) is 0.533. The van der Waals surface area contributed by atoms with Gasteiger partial charge in [-0.05, 0) is 45.6 Å². The molecule has 4 nitrogen and oxygen atoms in total. The smallest absolute Gasteiger partial charge is 0.127 e. The van der Waals surface area contributed by atoms with Gasteiger partial charge in [0.1, 0.15) is 5.82 Å². The van der Waals surface area contributed by atoms with Crippen molar-refractivity contribution in [1.82, 2.24) is 14.5 Å². The number of hydrogen-bond donors (Lipinski definition) is 1. The number of halogens is 1. The van der Waals surface area contributed by atoms with Crippen LogP contribution in [0.25, 0.3) is 11.0 Å². The van der Waals surface area contributed by atoms with Gasteiger partial charge in [0, 0.05) is 17.6 Å². The zero-order chi connectivity index (χ0) is 14.9. The molecule has 0 bridgehead atoms. The molecule has 2 atom stereocenters. The number of nitrogens with two attached hydrogens (primary N) is 1. The predicted molar refractivity (Wildman–Crippen MR) is 85.2 cm³/mol. The topological polar surface area (TPSA) is 47.1 Å². The van der Waals surface area contributed by atoms with E-state index in [1.807, 2.05) is 18.2 Å². The summed E-state index contributed by atoms with van der Waals surface area (Å²) < 4.78 is 2.25. The van der Waals surface area contributed by atoms with E-state index in [1.54, 1.807) is 0 Å². The monoisotopic (exact) mass is 294 g/mol. The number of aromatic nitrogens is 2. The van der Waals surface area contributed by atoms with Crippen LogP contribution in [0.4, 0.5) is 0 Å². The first kappa shape index (κ1) is 15.3. The Hall–Kier alpha value is -1.10. The standard InChI is InChI=1S/C15H23ClN4/c1-5-13(19(3)4)15-18-12-8-11(16)6-7-14(12)20(15)10(2)9-17/h6-8,10,13H,5,9,17H2,1-4H3. The fourth-order valence-corrected chi connectivity index (χ4v) is 2.84. The van der Waals surface area contributed by atoms with Gasteiger partial charge < -0.3 is 10.3 Å². The molecule has 5 heteroatoms. The molecule has 0 aliphatic heterocycles. The van der Waals surface area contributed by atoms with Crippen LogP contribution in [0.5, 0.6) is 0 Å². The summed E-state index contributed by atoms with van der Waals surface area (Å²) in [7, 11) is 4.16. The van der Waals surface area contributed by atoms with E-state index in [4.69, 9.17) is 22.3 Å². The maximum absolute atomic E-state index is 6.09. The molecule has 0 spiro atoms. The minimum absolute atomic E-state index is 0.213. The second kappa shape index (κ2) is 6.12. The van der Waals surface area contributed by atoms with Crippen LogP contribution < -0.4 is 5.73 Å².